The zero-order chi connectivity index (χ0) is 14.8. The fourth-order valence-corrected chi connectivity index (χ4v) is 2.95. The molecule has 0 spiro atoms. The summed E-state index contributed by atoms with van der Waals surface area (Å²) in [4.78, 5) is 11.1. The van der Waals surface area contributed by atoms with Crippen molar-refractivity contribution in [2.75, 3.05) is 12.4 Å². The lowest BCUT2D eigenvalue weighted by Crippen LogP contribution is -1.98. The van der Waals surface area contributed by atoms with Gasteiger partial charge in [0.25, 0.3) is 0 Å². The van der Waals surface area contributed by atoms with E-state index >= 15 is 0 Å². The predicted molar refractivity (Wildman–Crippen MR) is 84.3 cm³/mol. The Hall–Kier alpha value is -2.15. The Labute approximate surface area is 126 Å². The summed E-state index contributed by atoms with van der Waals surface area (Å²) >= 11 is 1.67. The summed E-state index contributed by atoms with van der Waals surface area (Å²) in [6.07, 6.45) is 4.53. The average molecular weight is 303 g/mol. The van der Waals surface area contributed by atoms with Gasteiger partial charge in [-0.05, 0) is 19.4 Å². The maximum atomic E-state index is 5.91. The van der Waals surface area contributed by atoms with Gasteiger partial charge in [-0.1, -0.05) is 6.92 Å². The standard InChI is InChI=1S/C14H17N5OS/c1-4-10-6-11-12(17-14(15-3)18-13(11)21-10)20-9-7-16-19(5-2)8-9/h6-8H,4-5H2,1-3H3,(H,15,17,18). The molecule has 0 saturated carbocycles. The SMILES string of the molecule is CCc1cc2c(Oc3cnn(CC)c3)nc(NC)nc2s1. The maximum absolute atomic E-state index is 5.91. The number of anilines is 1. The number of nitrogens with zero attached hydrogens (tertiary/aromatic N) is 4. The molecule has 0 aliphatic rings. The van der Waals surface area contributed by atoms with Crippen LogP contribution in [0.3, 0.4) is 0 Å². The van der Waals surface area contributed by atoms with Crippen LogP contribution in [0.2, 0.25) is 0 Å². The Morgan fingerprint density at radius 1 is 1.33 bits per heavy atom. The van der Waals surface area contributed by atoms with Crippen LogP contribution in [0.15, 0.2) is 18.5 Å². The van der Waals surface area contributed by atoms with Crippen LogP contribution >= 0.6 is 11.3 Å². The molecule has 0 aliphatic carbocycles. The predicted octanol–water partition coefficient (Wildman–Crippen LogP) is 3.30. The van der Waals surface area contributed by atoms with Crippen LogP contribution in [0.4, 0.5) is 5.95 Å². The van der Waals surface area contributed by atoms with E-state index in [1.54, 1.807) is 24.6 Å². The number of aromatic nitrogens is 4. The largest absolute Gasteiger partial charge is 0.435 e. The van der Waals surface area contributed by atoms with E-state index in [0.29, 0.717) is 17.6 Å². The highest BCUT2D eigenvalue weighted by atomic mass is 32.1. The summed E-state index contributed by atoms with van der Waals surface area (Å²) in [5, 5.41) is 8.13. The lowest BCUT2D eigenvalue weighted by Gasteiger charge is -2.05. The topological polar surface area (TPSA) is 64.9 Å². The minimum atomic E-state index is 0.560. The fraction of sp³-hybridized carbons (Fsp3) is 0.357. The maximum Gasteiger partial charge on any atom is 0.233 e. The quantitative estimate of drug-likeness (QED) is 0.783. The minimum absolute atomic E-state index is 0.560. The molecule has 0 atom stereocenters. The van der Waals surface area contributed by atoms with Crippen molar-refractivity contribution < 1.29 is 4.74 Å². The van der Waals surface area contributed by atoms with Gasteiger partial charge in [0.05, 0.1) is 17.8 Å². The third kappa shape index (κ3) is 2.69. The second kappa shape index (κ2) is 5.69. The van der Waals surface area contributed by atoms with Crippen LogP contribution in [-0.2, 0) is 13.0 Å². The molecule has 1 N–H and O–H groups in total. The molecule has 0 aliphatic heterocycles. The van der Waals surface area contributed by atoms with Gasteiger partial charge in [-0.3, -0.25) is 4.68 Å². The Kier molecular flexibility index (Phi) is 3.74. The molecular weight excluding hydrogens is 286 g/mol. The van der Waals surface area contributed by atoms with Crippen LogP contribution in [0.5, 0.6) is 11.6 Å². The second-order valence-electron chi connectivity index (χ2n) is 4.52. The highest BCUT2D eigenvalue weighted by Crippen LogP contribution is 2.33. The van der Waals surface area contributed by atoms with Gasteiger partial charge in [-0.2, -0.15) is 10.1 Å². The van der Waals surface area contributed by atoms with Crippen molar-refractivity contribution in [2.24, 2.45) is 0 Å². The van der Waals surface area contributed by atoms with Crippen molar-refractivity contribution in [3.63, 3.8) is 0 Å². The Bertz CT molecular complexity index is 764. The molecular formula is C14H17N5OS. The molecule has 0 saturated heterocycles. The lowest BCUT2D eigenvalue weighted by molar-refractivity contribution is 0.468. The first-order chi connectivity index (χ1) is 10.2. The van der Waals surface area contributed by atoms with E-state index in [1.807, 2.05) is 17.8 Å². The zero-order valence-electron chi connectivity index (χ0n) is 12.3. The summed E-state index contributed by atoms with van der Waals surface area (Å²) in [6.45, 7) is 4.97. The van der Waals surface area contributed by atoms with Crippen LogP contribution in [0.1, 0.15) is 18.7 Å². The highest BCUT2D eigenvalue weighted by molar-refractivity contribution is 7.18. The van der Waals surface area contributed by atoms with Crippen LogP contribution in [0.25, 0.3) is 10.2 Å². The van der Waals surface area contributed by atoms with Gasteiger partial charge >= 0.3 is 0 Å². The first kappa shape index (κ1) is 13.8. The molecule has 3 heterocycles. The minimum Gasteiger partial charge on any atom is -0.435 e. The van der Waals surface area contributed by atoms with Crippen molar-refractivity contribution in [3.8, 4) is 11.6 Å². The number of aryl methyl sites for hydroxylation is 2. The number of nitrogens with one attached hydrogen (secondary N) is 1. The van der Waals surface area contributed by atoms with Crippen molar-refractivity contribution in [2.45, 2.75) is 26.8 Å². The van der Waals surface area contributed by atoms with E-state index in [4.69, 9.17) is 4.74 Å². The van der Waals surface area contributed by atoms with E-state index in [2.05, 4.69) is 33.4 Å². The van der Waals surface area contributed by atoms with Gasteiger partial charge in [0.15, 0.2) is 5.75 Å². The zero-order valence-corrected chi connectivity index (χ0v) is 13.1. The number of thiophene rings is 1. The highest BCUT2D eigenvalue weighted by Gasteiger charge is 2.13. The van der Waals surface area contributed by atoms with Gasteiger partial charge in [0.1, 0.15) is 4.83 Å². The van der Waals surface area contributed by atoms with Crippen LogP contribution in [0, 0.1) is 0 Å². The molecule has 3 aromatic rings. The Morgan fingerprint density at radius 3 is 2.86 bits per heavy atom. The molecule has 3 rings (SSSR count). The van der Waals surface area contributed by atoms with E-state index in [9.17, 15) is 0 Å². The Morgan fingerprint density at radius 2 is 2.19 bits per heavy atom. The average Bonchev–Trinajstić information content (AvgIpc) is 3.12. The molecule has 0 aromatic carbocycles. The third-order valence-corrected chi connectivity index (χ3v) is 4.30. The van der Waals surface area contributed by atoms with Crippen LogP contribution in [-0.4, -0.2) is 26.8 Å². The molecule has 21 heavy (non-hydrogen) atoms. The van der Waals surface area contributed by atoms with Crippen molar-refractivity contribution in [3.05, 3.63) is 23.3 Å². The smallest absolute Gasteiger partial charge is 0.233 e. The molecule has 3 aromatic heterocycles. The van der Waals surface area contributed by atoms with Gasteiger partial charge in [-0.15, -0.1) is 11.3 Å². The molecule has 0 unspecified atom stereocenters. The number of hydrogen-bond acceptors (Lipinski definition) is 6. The summed E-state index contributed by atoms with van der Waals surface area (Å²) < 4.78 is 7.72. The van der Waals surface area contributed by atoms with Crippen molar-refractivity contribution in [1.82, 2.24) is 19.7 Å². The van der Waals surface area contributed by atoms with Gasteiger partial charge < -0.3 is 10.1 Å². The number of fused-ring (bicyclic) bond motifs is 1. The number of rotatable bonds is 5. The fourth-order valence-electron chi connectivity index (χ4n) is 1.99. The monoisotopic (exact) mass is 303 g/mol. The lowest BCUT2D eigenvalue weighted by atomic mass is 10.3. The third-order valence-electron chi connectivity index (χ3n) is 3.13. The second-order valence-corrected chi connectivity index (χ2v) is 5.64. The molecule has 0 bridgehead atoms. The summed E-state index contributed by atoms with van der Waals surface area (Å²) in [5.74, 6) is 1.81. The molecule has 6 nitrogen and oxygen atoms in total. The van der Waals surface area contributed by atoms with Gasteiger partial charge in [0.2, 0.25) is 11.8 Å². The first-order valence-electron chi connectivity index (χ1n) is 6.92. The summed E-state index contributed by atoms with van der Waals surface area (Å²) in [7, 11) is 1.80. The summed E-state index contributed by atoms with van der Waals surface area (Å²) in [6, 6.07) is 2.10. The van der Waals surface area contributed by atoms with Crippen molar-refractivity contribution in [1.29, 1.82) is 0 Å². The van der Waals surface area contributed by atoms with Crippen molar-refractivity contribution >= 4 is 27.5 Å². The van der Waals surface area contributed by atoms with Crippen LogP contribution < -0.4 is 10.1 Å². The summed E-state index contributed by atoms with van der Waals surface area (Å²) in [5.41, 5.74) is 0. The first-order valence-corrected chi connectivity index (χ1v) is 7.73. The number of ether oxygens (including phenoxy) is 1. The normalized spacial score (nSPS) is 11.0. The number of hydrogen-bond donors (Lipinski definition) is 1. The molecule has 7 heteroatoms. The molecule has 0 fully saturated rings. The van der Waals surface area contributed by atoms with E-state index in [0.717, 1.165) is 23.2 Å². The molecule has 0 radical (unpaired) electrons. The van der Waals surface area contributed by atoms with E-state index in [-0.39, 0.29) is 0 Å². The van der Waals surface area contributed by atoms with Gasteiger partial charge in [-0.25, -0.2) is 4.98 Å². The van der Waals surface area contributed by atoms with E-state index < -0.39 is 0 Å². The van der Waals surface area contributed by atoms with Gasteiger partial charge in [0, 0.05) is 18.5 Å². The Balaban J connectivity index is 2.04. The molecule has 0 amide bonds. The van der Waals surface area contributed by atoms with E-state index in [1.165, 1.54) is 4.88 Å². The molecule has 110 valence electrons.